The molecule has 0 bridgehead atoms. The van der Waals surface area contributed by atoms with Crippen LogP contribution in [0, 0.1) is 5.92 Å². The van der Waals surface area contributed by atoms with Crippen molar-refractivity contribution in [3.05, 3.63) is 36.0 Å². The Morgan fingerprint density at radius 1 is 0.767 bits per heavy atom. The molecule has 172 valence electrons. The van der Waals surface area contributed by atoms with Crippen LogP contribution >= 0.6 is 0 Å². The molecule has 2 nitrogen and oxygen atoms in total. The Labute approximate surface area is 186 Å². The smallest absolute Gasteiger partial charge is 0.303 e. The maximum absolute atomic E-state index is 10.4. The van der Waals surface area contributed by atoms with Gasteiger partial charge in [-0.2, -0.15) is 0 Å². The van der Waals surface area contributed by atoms with Crippen molar-refractivity contribution in [2.75, 3.05) is 0 Å². The Morgan fingerprint density at radius 2 is 1.33 bits per heavy atom. The number of rotatable bonds is 21. The lowest BCUT2D eigenvalue weighted by atomic mass is 10.1. The summed E-state index contributed by atoms with van der Waals surface area (Å²) >= 11 is 0. The minimum atomic E-state index is -0.691. The average molecular weight is 417 g/mol. The Kier molecular flexibility index (Phi) is 17.5. The van der Waals surface area contributed by atoms with Crippen molar-refractivity contribution in [2.45, 2.75) is 129 Å². The normalized spacial score (nSPS) is 17.5. The second-order valence-electron chi connectivity index (χ2n) is 9.03. The summed E-state index contributed by atoms with van der Waals surface area (Å²) in [6.07, 6.45) is 35.0. The molecule has 0 aromatic rings. The molecule has 1 saturated carbocycles. The highest BCUT2D eigenvalue weighted by Gasteiger charge is 2.27. The van der Waals surface area contributed by atoms with E-state index in [1.54, 1.807) is 5.57 Å². The van der Waals surface area contributed by atoms with Gasteiger partial charge >= 0.3 is 5.97 Å². The van der Waals surface area contributed by atoms with E-state index in [1.807, 2.05) is 0 Å². The van der Waals surface area contributed by atoms with Crippen molar-refractivity contribution in [1.82, 2.24) is 0 Å². The van der Waals surface area contributed by atoms with Crippen molar-refractivity contribution >= 4 is 5.97 Å². The lowest BCUT2D eigenvalue weighted by molar-refractivity contribution is -0.137. The van der Waals surface area contributed by atoms with Crippen molar-refractivity contribution in [1.29, 1.82) is 0 Å². The van der Waals surface area contributed by atoms with Crippen LogP contribution in [-0.2, 0) is 4.79 Å². The topological polar surface area (TPSA) is 37.3 Å². The molecule has 2 heteroatoms. The maximum Gasteiger partial charge on any atom is 0.303 e. The molecule has 1 aliphatic carbocycles. The minimum absolute atomic E-state index is 0.284. The Hall–Kier alpha value is -1.31. The third kappa shape index (κ3) is 17.5. The number of carbonyl (C=O) groups is 1. The molecule has 1 N–H and O–H groups in total. The van der Waals surface area contributed by atoms with E-state index in [9.17, 15) is 4.79 Å². The molecule has 0 aromatic carbocycles. The molecule has 1 unspecified atom stereocenters. The van der Waals surface area contributed by atoms with Crippen molar-refractivity contribution in [3.8, 4) is 0 Å². The molecule has 0 radical (unpaired) electrons. The fourth-order valence-corrected chi connectivity index (χ4v) is 4.02. The van der Waals surface area contributed by atoms with Gasteiger partial charge in [0.05, 0.1) is 0 Å². The van der Waals surface area contributed by atoms with Crippen LogP contribution in [0.2, 0.25) is 0 Å². The van der Waals surface area contributed by atoms with E-state index in [1.165, 1.54) is 89.9 Å². The van der Waals surface area contributed by atoms with E-state index >= 15 is 0 Å². The van der Waals surface area contributed by atoms with Gasteiger partial charge in [0.1, 0.15) is 0 Å². The molecule has 0 amide bonds. The SMILES string of the molecule is CCCCCCCCC=CCCCCCCC1CC1=CCCC=CCCCC(=O)O. The zero-order chi connectivity index (χ0) is 21.7. The first-order valence-electron chi connectivity index (χ1n) is 12.9. The first-order chi connectivity index (χ1) is 14.7. The van der Waals surface area contributed by atoms with E-state index in [0.717, 1.165) is 31.6 Å². The second-order valence-corrected chi connectivity index (χ2v) is 9.03. The van der Waals surface area contributed by atoms with Crippen LogP contribution in [0.1, 0.15) is 129 Å². The summed E-state index contributed by atoms with van der Waals surface area (Å²) < 4.78 is 0. The summed E-state index contributed by atoms with van der Waals surface area (Å²) in [6, 6.07) is 0. The van der Waals surface area contributed by atoms with Gasteiger partial charge in [-0.05, 0) is 70.1 Å². The van der Waals surface area contributed by atoms with Crippen molar-refractivity contribution in [3.63, 3.8) is 0 Å². The summed E-state index contributed by atoms with van der Waals surface area (Å²) in [6.45, 7) is 2.28. The Bertz CT molecular complexity index is 501. The van der Waals surface area contributed by atoms with Crippen LogP contribution < -0.4 is 0 Å². The zero-order valence-electron chi connectivity index (χ0n) is 19.8. The fourth-order valence-electron chi connectivity index (χ4n) is 4.02. The van der Waals surface area contributed by atoms with Gasteiger partial charge in [-0.1, -0.05) is 94.2 Å². The van der Waals surface area contributed by atoms with E-state index < -0.39 is 5.97 Å². The maximum atomic E-state index is 10.4. The molecular formula is C28H48O2. The van der Waals surface area contributed by atoms with Crippen molar-refractivity contribution < 1.29 is 9.90 Å². The van der Waals surface area contributed by atoms with Gasteiger partial charge in [0, 0.05) is 6.42 Å². The van der Waals surface area contributed by atoms with Crippen LogP contribution in [0.5, 0.6) is 0 Å². The predicted molar refractivity (Wildman–Crippen MR) is 131 cm³/mol. The van der Waals surface area contributed by atoms with Gasteiger partial charge in [-0.25, -0.2) is 0 Å². The van der Waals surface area contributed by atoms with E-state index in [2.05, 4.69) is 37.3 Å². The first-order valence-corrected chi connectivity index (χ1v) is 12.9. The minimum Gasteiger partial charge on any atom is -0.481 e. The van der Waals surface area contributed by atoms with Gasteiger partial charge in [-0.15, -0.1) is 0 Å². The van der Waals surface area contributed by atoms with Crippen LogP contribution in [0.4, 0.5) is 0 Å². The van der Waals surface area contributed by atoms with Gasteiger partial charge < -0.3 is 5.11 Å². The lowest BCUT2D eigenvalue weighted by Gasteiger charge is -1.99. The summed E-state index contributed by atoms with van der Waals surface area (Å²) in [4.78, 5) is 10.4. The molecular weight excluding hydrogens is 368 g/mol. The Balaban J connectivity index is 1.82. The number of carboxylic acids is 1. The molecule has 0 saturated heterocycles. The molecule has 1 rings (SSSR count). The molecule has 0 aromatic heterocycles. The number of aliphatic carboxylic acids is 1. The van der Waals surface area contributed by atoms with Crippen LogP contribution in [0.15, 0.2) is 36.0 Å². The predicted octanol–water partition coefficient (Wildman–Crippen LogP) is 9.17. The molecule has 1 atom stereocenters. The molecule has 0 aliphatic heterocycles. The standard InChI is InChI=1S/C28H48O2/c1-2-3-4-5-6-7-8-9-10-11-12-13-16-19-22-26-25-27(26)23-20-17-14-15-18-21-24-28(29)30/h9-10,14-15,23,26H,2-8,11-13,16-22,24-25H2,1H3,(H,29,30). The van der Waals surface area contributed by atoms with E-state index in [4.69, 9.17) is 5.11 Å². The van der Waals surface area contributed by atoms with E-state index in [-0.39, 0.29) is 6.42 Å². The van der Waals surface area contributed by atoms with Gasteiger partial charge in [0.15, 0.2) is 0 Å². The largest absolute Gasteiger partial charge is 0.481 e. The molecule has 1 fully saturated rings. The number of hydrogen-bond donors (Lipinski definition) is 1. The highest BCUT2D eigenvalue weighted by Crippen LogP contribution is 2.42. The first kappa shape index (κ1) is 26.7. The van der Waals surface area contributed by atoms with Gasteiger partial charge in [0.25, 0.3) is 0 Å². The summed E-state index contributed by atoms with van der Waals surface area (Å²) in [5.41, 5.74) is 1.69. The molecule has 0 spiro atoms. The molecule has 0 heterocycles. The van der Waals surface area contributed by atoms with Gasteiger partial charge in [-0.3, -0.25) is 4.79 Å². The third-order valence-electron chi connectivity index (χ3n) is 6.08. The Morgan fingerprint density at radius 3 is 2.00 bits per heavy atom. The van der Waals surface area contributed by atoms with E-state index in [0.29, 0.717) is 0 Å². The van der Waals surface area contributed by atoms with Crippen LogP contribution in [0.25, 0.3) is 0 Å². The lowest BCUT2D eigenvalue weighted by Crippen LogP contribution is -1.92. The number of carboxylic acid groups (broad SMARTS) is 1. The summed E-state index contributed by atoms with van der Waals surface area (Å²) in [5, 5.41) is 8.59. The fraction of sp³-hybridized carbons (Fsp3) is 0.750. The zero-order valence-corrected chi connectivity index (χ0v) is 19.8. The number of allylic oxidation sites excluding steroid dienone is 6. The van der Waals surface area contributed by atoms with Crippen LogP contribution in [0.3, 0.4) is 0 Å². The van der Waals surface area contributed by atoms with Gasteiger partial charge in [0.2, 0.25) is 0 Å². The number of hydrogen-bond acceptors (Lipinski definition) is 1. The summed E-state index contributed by atoms with van der Waals surface area (Å²) in [5.74, 6) is 0.199. The molecule has 30 heavy (non-hydrogen) atoms. The number of unbranched alkanes of at least 4 members (excludes halogenated alkanes) is 12. The molecule has 1 aliphatic rings. The second kappa shape index (κ2) is 19.6. The van der Waals surface area contributed by atoms with Crippen LogP contribution in [-0.4, -0.2) is 11.1 Å². The van der Waals surface area contributed by atoms with Crippen molar-refractivity contribution in [2.24, 2.45) is 5.92 Å². The highest BCUT2D eigenvalue weighted by molar-refractivity contribution is 5.66. The quantitative estimate of drug-likeness (QED) is 0.149. The monoisotopic (exact) mass is 416 g/mol. The summed E-state index contributed by atoms with van der Waals surface area (Å²) in [7, 11) is 0. The average Bonchev–Trinajstić information content (AvgIpc) is 3.48. The highest BCUT2D eigenvalue weighted by atomic mass is 16.4. The third-order valence-corrected chi connectivity index (χ3v) is 6.08.